The SMILES string of the molecule is COc1cc(OC)nc(NC(=S)NC[C@H]2CCCO2)n1. The molecule has 0 radical (unpaired) electrons. The van der Waals surface area contributed by atoms with E-state index >= 15 is 0 Å². The van der Waals surface area contributed by atoms with Crippen LogP contribution in [0, 0.1) is 0 Å². The second-order valence-corrected chi connectivity index (χ2v) is 4.65. The standard InChI is InChI=1S/C12H18N4O3S/c1-17-9-6-10(18-2)15-11(14-9)16-12(20)13-7-8-4-3-5-19-8/h6,8H,3-5,7H2,1-2H3,(H2,13,14,15,16,20)/t8-/m1/s1. The van der Waals surface area contributed by atoms with Crippen molar-refractivity contribution in [3.8, 4) is 11.8 Å². The molecule has 2 N–H and O–H groups in total. The van der Waals surface area contributed by atoms with Crippen LogP contribution < -0.4 is 20.1 Å². The van der Waals surface area contributed by atoms with E-state index in [2.05, 4.69) is 20.6 Å². The van der Waals surface area contributed by atoms with Crippen LogP contribution in [0.1, 0.15) is 12.8 Å². The first-order valence-corrected chi connectivity index (χ1v) is 6.75. The van der Waals surface area contributed by atoms with Crippen LogP contribution >= 0.6 is 12.2 Å². The van der Waals surface area contributed by atoms with Gasteiger partial charge in [-0.05, 0) is 25.1 Å². The van der Waals surface area contributed by atoms with Crippen molar-refractivity contribution < 1.29 is 14.2 Å². The Labute approximate surface area is 123 Å². The number of aromatic nitrogens is 2. The second kappa shape index (κ2) is 7.20. The van der Waals surface area contributed by atoms with E-state index in [1.165, 1.54) is 14.2 Å². The Morgan fingerprint density at radius 3 is 2.65 bits per heavy atom. The van der Waals surface area contributed by atoms with E-state index in [9.17, 15) is 0 Å². The van der Waals surface area contributed by atoms with Crippen LogP contribution in [0.3, 0.4) is 0 Å². The van der Waals surface area contributed by atoms with Gasteiger partial charge < -0.3 is 24.8 Å². The fraction of sp³-hybridized carbons (Fsp3) is 0.583. The summed E-state index contributed by atoms with van der Waals surface area (Å²) in [6.07, 6.45) is 2.37. The van der Waals surface area contributed by atoms with Crippen molar-refractivity contribution in [1.29, 1.82) is 0 Å². The minimum absolute atomic E-state index is 0.218. The molecule has 1 aliphatic heterocycles. The molecule has 1 fully saturated rings. The van der Waals surface area contributed by atoms with Crippen LogP contribution in [0.15, 0.2) is 6.07 Å². The zero-order valence-corrected chi connectivity index (χ0v) is 12.3. The Hall–Kier alpha value is -1.67. The molecule has 8 heteroatoms. The molecule has 0 spiro atoms. The van der Waals surface area contributed by atoms with Gasteiger partial charge >= 0.3 is 0 Å². The van der Waals surface area contributed by atoms with Gasteiger partial charge in [0, 0.05) is 13.2 Å². The lowest BCUT2D eigenvalue weighted by atomic mass is 10.2. The minimum atomic E-state index is 0.218. The number of nitrogens with zero attached hydrogens (tertiary/aromatic N) is 2. The predicted octanol–water partition coefficient (Wildman–Crippen LogP) is 0.959. The molecule has 1 aliphatic rings. The highest BCUT2D eigenvalue weighted by Crippen LogP contribution is 2.17. The first-order chi connectivity index (χ1) is 9.71. The fourth-order valence-corrected chi connectivity index (χ4v) is 2.00. The van der Waals surface area contributed by atoms with Crippen LogP contribution in [-0.2, 0) is 4.74 Å². The molecule has 0 aliphatic carbocycles. The lowest BCUT2D eigenvalue weighted by Crippen LogP contribution is -2.35. The van der Waals surface area contributed by atoms with Crippen LogP contribution in [0.2, 0.25) is 0 Å². The fourth-order valence-electron chi connectivity index (χ4n) is 1.83. The zero-order chi connectivity index (χ0) is 14.4. The van der Waals surface area contributed by atoms with E-state index in [-0.39, 0.29) is 6.10 Å². The Kier molecular flexibility index (Phi) is 5.31. The van der Waals surface area contributed by atoms with Crippen molar-refractivity contribution in [3.05, 3.63) is 6.07 Å². The Bertz CT molecular complexity index is 444. The summed E-state index contributed by atoms with van der Waals surface area (Å²) >= 11 is 5.19. The number of hydrogen-bond donors (Lipinski definition) is 2. The minimum Gasteiger partial charge on any atom is -0.481 e. The molecule has 7 nitrogen and oxygen atoms in total. The molecular weight excluding hydrogens is 280 g/mol. The highest BCUT2D eigenvalue weighted by molar-refractivity contribution is 7.80. The van der Waals surface area contributed by atoms with Crippen LogP contribution in [0.25, 0.3) is 0 Å². The van der Waals surface area contributed by atoms with E-state index in [4.69, 9.17) is 26.4 Å². The Morgan fingerprint density at radius 2 is 2.10 bits per heavy atom. The third-order valence-electron chi connectivity index (χ3n) is 2.84. The maximum absolute atomic E-state index is 5.51. The van der Waals surface area contributed by atoms with Gasteiger partial charge in [-0.2, -0.15) is 9.97 Å². The van der Waals surface area contributed by atoms with Crippen LogP contribution in [0.4, 0.5) is 5.95 Å². The van der Waals surface area contributed by atoms with Gasteiger partial charge in [0.15, 0.2) is 5.11 Å². The number of methoxy groups -OCH3 is 2. The lowest BCUT2D eigenvalue weighted by Gasteiger charge is -2.13. The highest BCUT2D eigenvalue weighted by atomic mass is 32.1. The van der Waals surface area contributed by atoms with E-state index in [0.29, 0.717) is 29.4 Å². The highest BCUT2D eigenvalue weighted by Gasteiger charge is 2.15. The predicted molar refractivity (Wildman–Crippen MR) is 78.3 cm³/mol. The molecule has 1 saturated heterocycles. The number of hydrogen-bond acceptors (Lipinski definition) is 6. The average Bonchev–Trinajstić information content (AvgIpc) is 2.98. The second-order valence-electron chi connectivity index (χ2n) is 4.25. The van der Waals surface area contributed by atoms with E-state index < -0.39 is 0 Å². The maximum Gasteiger partial charge on any atom is 0.235 e. The van der Waals surface area contributed by atoms with Gasteiger partial charge in [-0.15, -0.1) is 0 Å². The molecule has 2 heterocycles. The normalized spacial score (nSPS) is 17.6. The van der Waals surface area contributed by atoms with Crippen molar-refractivity contribution >= 4 is 23.3 Å². The quantitative estimate of drug-likeness (QED) is 0.778. The summed E-state index contributed by atoms with van der Waals surface area (Å²) in [6, 6.07) is 1.59. The molecular formula is C12H18N4O3S. The molecule has 2 rings (SSSR count). The summed E-state index contributed by atoms with van der Waals surface area (Å²) in [7, 11) is 3.05. The van der Waals surface area contributed by atoms with Gasteiger partial charge in [-0.25, -0.2) is 0 Å². The van der Waals surface area contributed by atoms with Gasteiger partial charge in [0.05, 0.1) is 26.4 Å². The van der Waals surface area contributed by atoms with Crippen molar-refractivity contribution in [2.45, 2.75) is 18.9 Å². The molecule has 0 bridgehead atoms. The van der Waals surface area contributed by atoms with Crippen LogP contribution in [-0.4, -0.2) is 48.6 Å². The molecule has 110 valence electrons. The van der Waals surface area contributed by atoms with E-state index in [1.54, 1.807) is 6.07 Å². The molecule has 0 saturated carbocycles. The Balaban J connectivity index is 1.89. The van der Waals surface area contributed by atoms with Crippen molar-refractivity contribution in [1.82, 2.24) is 15.3 Å². The third kappa shape index (κ3) is 4.17. The first-order valence-electron chi connectivity index (χ1n) is 6.35. The topological polar surface area (TPSA) is 77.5 Å². The maximum atomic E-state index is 5.51. The summed E-state index contributed by atoms with van der Waals surface area (Å²) in [5.41, 5.74) is 0. The number of rotatable bonds is 5. The molecule has 20 heavy (non-hydrogen) atoms. The van der Waals surface area contributed by atoms with Crippen molar-refractivity contribution in [3.63, 3.8) is 0 Å². The number of nitrogens with one attached hydrogen (secondary N) is 2. The molecule has 1 aromatic heterocycles. The summed E-state index contributed by atoms with van der Waals surface area (Å²) in [6.45, 7) is 1.50. The van der Waals surface area contributed by atoms with Crippen molar-refractivity contribution in [2.75, 3.05) is 32.7 Å². The smallest absolute Gasteiger partial charge is 0.235 e. The molecule has 0 amide bonds. The third-order valence-corrected chi connectivity index (χ3v) is 3.08. The van der Waals surface area contributed by atoms with E-state index in [1.807, 2.05) is 0 Å². The molecule has 0 unspecified atom stereocenters. The lowest BCUT2D eigenvalue weighted by molar-refractivity contribution is 0.114. The summed E-state index contributed by atoms with van der Waals surface area (Å²) in [5.74, 6) is 1.13. The summed E-state index contributed by atoms with van der Waals surface area (Å²) in [4.78, 5) is 8.27. The average molecular weight is 298 g/mol. The first kappa shape index (κ1) is 14.7. The number of ether oxygens (including phenoxy) is 3. The number of anilines is 1. The van der Waals surface area contributed by atoms with Gasteiger partial charge in [-0.3, -0.25) is 0 Å². The summed E-state index contributed by atoms with van der Waals surface area (Å²) in [5, 5.41) is 6.42. The monoisotopic (exact) mass is 298 g/mol. The summed E-state index contributed by atoms with van der Waals surface area (Å²) < 4.78 is 15.6. The number of thiocarbonyl (C=S) groups is 1. The van der Waals surface area contributed by atoms with Gasteiger partial charge in [0.2, 0.25) is 17.7 Å². The molecule has 1 aromatic rings. The molecule has 1 atom stereocenters. The molecule has 0 aromatic carbocycles. The van der Waals surface area contributed by atoms with Crippen molar-refractivity contribution in [2.24, 2.45) is 0 Å². The van der Waals surface area contributed by atoms with E-state index in [0.717, 1.165) is 19.4 Å². The van der Waals surface area contributed by atoms with Crippen LogP contribution in [0.5, 0.6) is 11.8 Å². The van der Waals surface area contributed by atoms with Gasteiger partial charge in [-0.1, -0.05) is 0 Å². The zero-order valence-electron chi connectivity index (χ0n) is 11.5. The van der Waals surface area contributed by atoms with Gasteiger partial charge in [0.1, 0.15) is 0 Å². The Morgan fingerprint density at radius 1 is 1.40 bits per heavy atom. The van der Waals surface area contributed by atoms with Gasteiger partial charge in [0.25, 0.3) is 0 Å². The largest absolute Gasteiger partial charge is 0.481 e.